The second-order valence-electron chi connectivity index (χ2n) is 1.95. The minimum atomic E-state index is -3.90. The Morgan fingerprint density at radius 2 is 1.85 bits per heavy atom. The zero-order valence-electron chi connectivity index (χ0n) is 7.70. The van der Waals surface area contributed by atoms with Gasteiger partial charge in [-0.25, -0.2) is 0 Å². The number of hydrogen-bond acceptors (Lipinski definition) is 3. The molecule has 0 radical (unpaired) electrons. The largest absolute Gasteiger partial charge is 1.00 e. The van der Waals surface area contributed by atoms with Crippen molar-refractivity contribution in [3.8, 4) is 0 Å². The van der Waals surface area contributed by atoms with Crippen LogP contribution in [-0.2, 0) is 13.9 Å². The topological polar surface area (TPSA) is 43.4 Å². The molecule has 0 aliphatic carbocycles. The molecule has 0 aliphatic rings. The fourth-order valence-corrected chi connectivity index (χ4v) is 1.92. The Labute approximate surface area is 110 Å². The van der Waals surface area contributed by atoms with E-state index in [2.05, 4.69) is 3.74 Å². The molecule has 0 unspecified atom stereocenters. The Kier molecular flexibility index (Phi) is 5.86. The molecule has 0 spiro atoms. The van der Waals surface area contributed by atoms with Crippen LogP contribution in [0.5, 0.6) is 0 Å². The molecule has 0 saturated carbocycles. The molecule has 0 saturated heterocycles. The molecular formula is C6H5Cl2NaO3S. The van der Waals surface area contributed by atoms with Crippen molar-refractivity contribution in [1.29, 1.82) is 0 Å². The van der Waals surface area contributed by atoms with E-state index in [1.165, 1.54) is 18.2 Å². The number of hydrogen-bond donors (Lipinski definition) is 0. The van der Waals surface area contributed by atoms with Gasteiger partial charge >= 0.3 is 39.7 Å². The monoisotopic (exact) mass is 250 g/mol. The Bertz CT molecular complexity index is 384. The molecule has 0 aromatic heterocycles. The molecule has 7 heteroatoms. The minimum Gasteiger partial charge on any atom is -1.00 e. The van der Waals surface area contributed by atoms with Gasteiger partial charge in [-0.05, 0) is 12.1 Å². The van der Waals surface area contributed by atoms with Gasteiger partial charge in [0.1, 0.15) is 4.90 Å². The number of benzene rings is 1. The molecule has 68 valence electrons. The van der Waals surface area contributed by atoms with Gasteiger partial charge in [0.05, 0.1) is 16.9 Å². The van der Waals surface area contributed by atoms with E-state index in [1.807, 2.05) is 0 Å². The Balaban J connectivity index is 0. The van der Waals surface area contributed by atoms with Gasteiger partial charge in [-0.15, -0.1) is 0 Å². The van der Waals surface area contributed by atoms with Gasteiger partial charge in [-0.2, -0.15) is 12.2 Å². The third kappa shape index (κ3) is 3.40. The van der Waals surface area contributed by atoms with Gasteiger partial charge in [-0.1, -0.05) is 23.7 Å². The normalized spacial score (nSPS) is 10.6. The van der Waals surface area contributed by atoms with E-state index in [1.54, 1.807) is 6.07 Å². The van der Waals surface area contributed by atoms with E-state index in [9.17, 15) is 8.42 Å². The summed E-state index contributed by atoms with van der Waals surface area (Å²) in [5.41, 5.74) is 0. The number of rotatable bonds is 2. The Morgan fingerprint density at radius 3 is 2.31 bits per heavy atom. The van der Waals surface area contributed by atoms with Crippen LogP contribution in [0, 0.1) is 0 Å². The van der Waals surface area contributed by atoms with Gasteiger partial charge < -0.3 is 1.43 Å². The summed E-state index contributed by atoms with van der Waals surface area (Å²) in [6.45, 7) is 0. The van der Waals surface area contributed by atoms with Crippen molar-refractivity contribution in [2.75, 3.05) is 0 Å². The summed E-state index contributed by atoms with van der Waals surface area (Å²) in [6.07, 6.45) is 0. The summed E-state index contributed by atoms with van der Waals surface area (Å²) >= 11 is 10.3. The number of halogens is 2. The molecule has 13 heavy (non-hydrogen) atoms. The molecule has 1 aromatic carbocycles. The van der Waals surface area contributed by atoms with E-state index in [-0.39, 0.29) is 40.9 Å². The first-order valence-corrected chi connectivity index (χ1v) is 4.97. The molecule has 0 atom stereocenters. The van der Waals surface area contributed by atoms with Crippen LogP contribution in [0.4, 0.5) is 0 Å². The quantitative estimate of drug-likeness (QED) is 0.654. The molecule has 3 nitrogen and oxygen atoms in total. The molecule has 0 bridgehead atoms. The van der Waals surface area contributed by atoms with E-state index < -0.39 is 10.1 Å². The molecular weight excluding hydrogens is 246 g/mol. The SMILES string of the molecule is O=S(=O)(OCl)c1ccccc1Cl.[H-].[Na+]. The molecule has 0 fully saturated rings. The second kappa shape index (κ2) is 5.56. The third-order valence-corrected chi connectivity index (χ3v) is 3.19. The van der Waals surface area contributed by atoms with Crippen LogP contribution < -0.4 is 29.6 Å². The van der Waals surface area contributed by atoms with Crippen LogP contribution in [-0.4, -0.2) is 8.42 Å². The van der Waals surface area contributed by atoms with Gasteiger partial charge in [0, 0.05) is 0 Å². The average molecular weight is 251 g/mol. The van der Waals surface area contributed by atoms with Crippen molar-refractivity contribution in [1.82, 2.24) is 0 Å². The molecule has 0 aliphatic heterocycles. The predicted molar refractivity (Wildman–Crippen MR) is 46.7 cm³/mol. The smallest absolute Gasteiger partial charge is 1.00 e. The zero-order chi connectivity index (χ0) is 9.19. The Hall–Kier alpha value is 0.710. The van der Waals surface area contributed by atoms with E-state index in [4.69, 9.17) is 23.5 Å². The second-order valence-corrected chi connectivity index (χ2v) is 4.21. The van der Waals surface area contributed by atoms with Crippen molar-refractivity contribution >= 4 is 33.6 Å². The predicted octanol–water partition coefficient (Wildman–Crippen LogP) is -0.684. The van der Waals surface area contributed by atoms with Crippen LogP contribution in [0.1, 0.15) is 1.43 Å². The molecule has 1 rings (SSSR count). The minimum absolute atomic E-state index is 0. The maximum Gasteiger partial charge on any atom is 1.00 e. The van der Waals surface area contributed by atoms with Crippen molar-refractivity contribution < 1.29 is 43.1 Å². The first-order chi connectivity index (χ1) is 5.58. The molecule has 0 heterocycles. The first kappa shape index (κ1) is 13.7. The molecule has 0 amide bonds. The van der Waals surface area contributed by atoms with Crippen LogP contribution in [0.25, 0.3) is 0 Å². The molecule has 1 aromatic rings. The maximum absolute atomic E-state index is 11.0. The van der Waals surface area contributed by atoms with Crippen LogP contribution >= 0.6 is 23.5 Å². The maximum atomic E-state index is 11.0. The van der Waals surface area contributed by atoms with Gasteiger partial charge in [0.15, 0.2) is 0 Å². The van der Waals surface area contributed by atoms with Crippen molar-refractivity contribution in [2.45, 2.75) is 4.90 Å². The van der Waals surface area contributed by atoms with Gasteiger partial charge in [0.2, 0.25) is 0 Å². The summed E-state index contributed by atoms with van der Waals surface area (Å²) in [5.74, 6) is 0. The van der Waals surface area contributed by atoms with Crippen LogP contribution in [0.15, 0.2) is 29.2 Å². The first-order valence-electron chi connectivity index (χ1n) is 2.87. The fourth-order valence-electron chi connectivity index (χ4n) is 0.681. The summed E-state index contributed by atoms with van der Waals surface area (Å²) < 4.78 is 25.7. The van der Waals surface area contributed by atoms with Crippen molar-refractivity contribution in [2.24, 2.45) is 0 Å². The van der Waals surface area contributed by atoms with E-state index >= 15 is 0 Å². The summed E-state index contributed by atoms with van der Waals surface area (Å²) in [4.78, 5) is -0.137. The van der Waals surface area contributed by atoms with Crippen molar-refractivity contribution in [3.63, 3.8) is 0 Å². The van der Waals surface area contributed by atoms with Gasteiger partial charge in [-0.3, -0.25) is 0 Å². The van der Waals surface area contributed by atoms with E-state index in [0.29, 0.717) is 0 Å². The van der Waals surface area contributed by atoms with Crippen LogP contribution in [0.3, 0.4) is 0 Å². The zero-order valence-corrected chi connectivity index (χ0v) is 11.0. The molecule has 0 N–H and O–H groups in total. The Morgan fingerprint density at radius 1 is 1.31 bits per heavy atom. The standard InChI is InChI=1S/C6H4Cl2O3S.Na.H/c7-5-3-1-2-4-6(5)12(9,10)11-8;;/h1-4H;;/q;+1;-1. The van der Waals surface area contributed by atoms with Crippen molar-refractivity contribution in [3.05, 3.63) is 29.3 Å². The average Bonchev–Trinajstić information content (AvgIpc) is 2.05. The summed E-state index contributed by atoms with van der Waals surface area (Å²) in [6, 6.07) is 5.87. The summed E-state index contributed by atoms with van der Waals surface area (Å²) in [7, 11) is -3.90. The fraction of sp³-hybridized carbons (Fsp3) is 0. The van der Waals surface area contributed by atoms with Gasteiger partial charge in [0.25, 0.3) is 0 Å². The third-order valence-electron chi connectivity index (χ3n) is 1.19. The van der Waals surface area contributed by atoms with E-state index in [0.717, 1.165) is 0 Å². The van der Waals surface area contributed by atoms with Crippen LogP contribution in [0.2, 0.25) is 5.02 Å². The summed E-state index contributed by atoms with van der Waals surface area (Å²) in [5, 5.41) is 0.0816.